The maximum atomic E-state index is 11.4. The van der Waals surface area contributed by atoms with Crippen LogP contribution in [0.3, 0.4) is 0 Å². The molecule has 0 aromatic heterocycles. The molecule has 80 valence electrons. The fraction of sp³-hybridized carbons (Fsp3) is 0.250. The summed E-state index contributed by atoms with van der Waals surface area (Å²) in [5.74, 6) is 0.984. The van der Waals surface area contributed by atoms with E-state index in [1.807, 2.05) is 0 Å². The number of carbonyl (C=O) groups excluding carboxylic acids is 1. The molecule has 0 atom stereocenters. The highest BCUT2D eigenvalue weighted by Crippen LogP contribution is 2.28. The monoisotopic (exact) mass is 206 g/mol. The van der Waals surface area contributed by atoms with Gasteiger partial charge in [0.15, 0.2) is 5.78 Å². The van der Waals surface area contributed by atoms with E-state index in [0.29, 0.717) is 23.7 Å². The van der Waals surface area contributed by atoms with Crippen molar-refractivity contribution in [1.82, 2.24) is 0 Å². The number of Topliss-reactive ketones (excluding diaryl/α,β-unsaturated/α-hetero) is 1. The zero-order chi connectivity index (χ0) is 11.3. The smallest absolute Gasteiger partial charge is 0.167 e. The van der Waals surface area contributed by atoms with Crippen LogP contribution in [0.4, 0.5) is 0 Å². The van der Waals surface area contributed by atoms with Crippen LogP contribution in [0.5, 0.6) is 11.5 Å². The maximum Gasteiger partial charge on any atom is 0.167 e. The number of benzene rings is 1. The molecule has 3 nitrogen and oxygen atoms in total. The molecule has 3 heteroatoms. The normalized spacial score (nSPS) is 9.47. The van der Waals surface area contributed by atoms with Gasteiger partial charge in [0.1, 0.15) is 23.7 Å². The molecule has 0 aliphatic rings. The fourth-order valence-corrected chi connectivity index (χ4v) is 1.30. The quantitative estimate of drug-likeness (QED) is 0.548. The molecule has 0 saturated carbocycles. The molecular weight excluding hydrogens is 192 g/mol. The Kier molecular flexibility index (Phi) is 3.92. The number of hydrogen-bond acceptors (Lipinski definition) is 3. The molecular formula is C12H14O3. The second kappa shape index (κ2) is 5.20. The standard InChI is InChI=1S/C12H14O3/c1-4-8-15-11-7-5-6-10(14-3)12(11)9(2)13/h4-7H,1,8H2,2-3H3. The van der Waals surface area contributed by atoms with Crippen molar-refractivity contribution in [3.05, 3.63) is 36.4 Å². The Morgan fingerprint density at radius 3 is 2.67 bits per heavy atom. The summed E-state index contributed by atoms with van der Waals surface area (Å²) in [6, 6.07) is 5.25. The van der Waals surface area contributed by atoms with E-state index in [4.69, 9.17) is 9.47 Å². The van der Waals surface area contributed by atoms with Gasteiger partial charge in [-0.1, -0.05) is 18.7 Å². The zero-order valence-electron chi connectivity index (χ0n) is 8.95. The zero-order valence-corrected chi connectivity index (χ0v) is 8.95. The van der Waals surface area contributed by atoms with Gasteiger partial charge in [-0.3, -0.25) is 4.79 Å². The van der Waals surface area contributed by atoms with Crippen molar-refractivity contribution in [2.45, 2.75) is 6.92 Å². The molecule has 0 aliphatic carbocycles. The molecule has 0 aliphatic heterocycles. The van der Waals surface area contributed by atoms with Crippen LogP contribution in [0.15, 0.2) is 30.9 Å². The number of ether oxygens (including phenoxy) is 2. The highest BCUT2D eigenvalue weighted by atomic mass is 16.5. The molecule has 0 N–H and O–H groups in total. The second-order valence-electron chi connectivity index (χ2n) is 2.99. The van der Waals surface area contributed by atoms with Gasteiger partial charge in [0.25, 0.3) is 0 Å². The Bertz CT molecular complexity index is 369. The van der Waals surface area contributed by atoms with Crippen LogP contribution in [0.25, 0.3) is 0 Å². The van der Waals surface area contributed by atoms with Crippen LogP contribution >= 0.6 is 0 Å². The molecule has 0 radical (unpaired) electrons. The van der Waals surface area contributed by atoms with E-state index in [0.717, 1.165) is 0 Å². The van der Waals surface area contributed by atoms with Gasteiger partial charge in [-0.25, -0.2) is 0 Å². The average molecular weight is 206 g/mol. The van der Waals surface area contributed by atoms with E-state index >= 15 is 0 Å². The first-order valence-electron chi connectivity index (χ1n) is 4.62. The Morgan fingerprint density at radius 2 is 2.13 bits per heavy atom. The molecule has 0 spiro atoms. The van der Waals surface area contributed by atoms with Gasteiger partial charge in [0.05, 0.1) is 7.11 Å². The van der Waals surface area contributed by atoms with Crippen LogP contribution < -0.4 is 9.47 Å². The third-order valence-corrected chi connectivity index (χ3v) is 1.92. The van der Waals surface area contributed by atoms with Crippen molar-refractivity contribution in [2.24, 2.45) is 0 Å². The lowest BCUT2D eigenvalue weighted by molar-refractivity contribution is 0.101. The van der Waals surface area contributed by atoms with Gasteiger partial charge < -0.3 is 9.47 Å². The van der Waals surface area contributed by atoms with Gasteiger partial charge in [-0.2, -0.15) is 0 Å². The van der Waals surface area contributed by atoms with Crippen molar-refractivity contribution in [3.63, 3.8) is 0 Å². The first kappa shape index (κ1) is 11.3. The van der Waals surface area contributed by atoms with Gasteiger partial charge in [-0.05, 0) is 19.1 Å². The van der Waals surface area contributed by atoms with Crippen LogP contribution in [0.1, 0.15) is 17.3 Å². The minimum absolute atomic E-state index is 0.0773. The number of hydrogen-bond donors (Lipinski definition) is 0. The number of carbonyl (C=O) groups is 1. The Balaban J connectivity index is 3.12. The average Bonchev–Trinajstić information content (AvgIpc) is 2.25. The van der Waals surface area contributed by atoms with E-state index in [9.17, 15) is 4.79 Å². The highest BCUT2D eigenvalue weighted by molar-refractivity contribution is 5.99. The van der Waals surface area contributed by atoms with E-state index < -0.39 is 0 Å². The summed E-state index contributed by atoms with van der Waals surface area (Å²) in [6.07, 6.45) is 1.63. The Hall–Kier alpha value is -1.77. The van der Waals surface area contributed by atoms with Crippen LogP contribution in [0, 0.1) is 0 Å². The highest BCUT2D eigenvalue weighted by Gasteiger charge is 2.13. The molecule has 1 rings (SSSR count). The maximum absolute atomic E-state index is 11.4. The summed E-state index contributed by atoms with van der Waals surface area (Å²) in [5, 5.41) is 0. The van der Waals surface area contributed by atoms with E-state index in [1.165, 1.54) is 14.0 Å². The summed E-state index contributed by atoms with van der Waals surface area (Å²) in [7, 11) is 1.53. The van der Waals surface area contributed by atoms with Gasteiger partial charge in [-0.15, -0.1) is 0 Å². The second-order valence-corrected chi connectivity index (χ2v) is 2.99. The molecule has 0 bridgehead atoms. The molecule has 0 saturated heterocycles. The SMILES string of the molecule is C=CCOc1cccc(OC)c1C(C)=O. The van der Waals surface area contributed by atoms with Gasteiger partial charge >= 0.3 is 0 Å². The third-order valence-electron chi connectivity index (χ3n) is 1.92. The Labute approximate surface area is 89.3 Å². The van der Waals surface area contributed by atoms with Crippen LogP contribution in [-0.2, 0) is 0 Å². The number of rotatable bonds is 5. The lowest BCUT2D eigenvalue weighted by Gasteiger charge is -2.11. The fourth-order valence-electron chi connectivity index (χ4n) is 1.30. The third kappa shape index (κ3) is 2.59. The minimum atomic E-state index is -0.0773. The molecule has 1 aromatic carbocycles. The number of methoxy groups -OCH3 is 1. The predicted octanol–water partition coefficient (Wildman–Crippen LogP) is 2.46. The molecule has 15 heavy (non-hydrogen) atoms. The van der Waals surface area contributed by atoms with Crippen LogP contribution in [0.2, 0.25) is 0 Å². The van der Waals surface area contributed by atoms with E-state index in [-0.39, 0.29) is 5.78 Å². The van der Waals surface area contributed by atoms with Crippen molar-refractivity contribution < 1.29 is 14.3 Å². The summed E-state index contributed by atoms with van der Waals surface area (Å²) >= 11 is 0. The minimum Gasteiger partial charge on any atom is -0.496 e. The van der Waals surface area contributed by atoms with Crippen molar-refractivity contribution >= 4 is 5.78 Å². The Morgan fingerprint density at radius 1 is 1.47 bits per heavy atom. The van der Waals surface area contributed by atoms with Crippen LogP contribution in [-0.4, -0.2) is 19.5 Å². The van der Waals surface area contributed by atoms with Gasteiger partial charge in [0, 0.05) is 0 Å². The van der Waals surface area contributed by atoms with E-state index in [1.54, 1.807) is 24.3 Å². The first-order chi connectivity index (χ1) is 7.20. The lowest BCUT2D eigenvalue weighted by atomic mass is 10.1. The largest absolute Gasteiger partial charge is 0.496 e. The summed E-state index contributed by atoms with van der Waals surface area (Å²) < 4.78 is 10.5. The molecule has 1 aromatic rings. The summed E-state index contributed by atoms with van der Waals surface area (Å²) in [5.41, 5.74) is 0.474. The predicted molar refractivity (Wildman–Crippen MR) is 58.7 cm³/mol. The molecule has 0 heterocycles. The molecule has 0 unspecified atom stereocenters. The van der Waals surface area contributed by atoms with Crippen molar-refractivity contribution in [2.75, 3.05) is 13.7 Å². The lowest BCUT2D eigenvalue weighted by Crippen LogP contribution is -2.03. The van der Waals surface area contributed by atoms with Crippen molar-refractivity contribution in [3.8, 4) is 11.5 Å². The van der Waals surface area contributed by atoms with E-state index in [2.05, 4.69) is 6.58 Å². The molecule has 0 amide bonds. The topological polar surface area (TPSA) is 35.5 Å². The van der Waals surface area contributed by atoms with Crippen molar-refractivity contribution in [1.29, 1.82) is 0 Å². The van der Waals surface area contributed by atoms with Gasteiger partial charge in [0.2, 0.25) is 0 Å². The summed E-state index contributed by atoms with van der Waals surface area (Å²) in [6.45, 7) is 5.40. The first-order valence-corrected chi connectivity index (χ1v) is 4.62. The molecule has 0 fully saturated rings. The number of ketones is 1. The summed E-state index contributed by atoms with van der Waals surface area (Å²) in [4.78, 5) is 11.4.